The van der Waals surface area contributed by atoms with Crippen LogP contribution in [0.1, 0.15) is 0 Å². The summed E-state index contributed by atoms with van der Waals surface area (Å²) in [6.45, 7) is -0.567. The van der Waals surface area contributed by atoms with Crippen molar-refractivity contribution in [3.05, 3.63) is 29.8 Å². The first-order valence-electron chi connectivity index (χ1n) is 4.17. The van der Waals surface area contributed by atoms with Crippen molar-refractivity contribution >= 4 is 11.6 Å². The molecule has 1 atom stereocenters. The monoisotopic (exact) mass is 216 g/mol. The Labute approximate surface area is 84.7 Å². The smallest absolute Gasteiger partial charge is 0.243 e. The average Bonchev–Trinajstić information content (AvgIpc) is 2.22. The summed E-state index contributed by atoms with van der Waals surface area (Å²) >= 11 is 0. The second kappa shape index (κ2) is 4.81. The fourth-order valence-electron chi connectivity index (χ4n) is 0.902. The normalized spacial score (nSPS) is 12.3. The Morgan fingerprint density at radius 2 is 2.20 bits per heavy atom. The van der Waals surface area contributed by atoms with Crippen molar-refractivity contribution in [2.24, 2.45) is 5.73 Å². The van der Waals surface area contributed by atoms with Crippen molar-refractivity contribution in [1.82, 2.24) is 0 Å². The van der Waals surface area contributed by atoms with E-state index in [1.807, 2.05) is 0 Å². The maximum atomic E-state index is 13.0. The van der Waals surface area contributed by atoms with E-state index < -0.39 is 30.2 Å². The van der Waals surface area contributed by atoms with Crippen molar-refractivity contribution in [2.45, 2.75) is 6.04 Å². The van der Waals surface area contributed by atoms with E-state index in [9.17, 15) is 13.6 Å². The van der Waals surface area contributed by atoms with Crippen molar-refractivity contribution in [3.63, 3.8) is 0 Å². The van der Waals surface area contributed by atoms with Crippen LogP contribution in [0.15, 0.2) is 18.2 Å². The molecule has 0 fully saturated rings. The molecule has 6 heteroatoms. The number of halogens is 2. The molecule has 0 radical (unpaired) electrons. The molecule has 4 N–H and O–H groups in total. The van der Waals surface area contributed by atoms with Gasteiger partial charge < -0.3 is 16.2 Å². The SMILES string of the molecule is NC(CO)C(=O)Nc1cc(F)ccc1F. The molecule has 1 amide bonds. The number of hydrogen-bond acceptors (Lipinski definition) is 3. The molecule has 0 aromatic heterocycles. The van der Waals surface area contributed by atoms with Gasteiger partial charge in [0.25, 0.3) is 0 Å². The Balaban J connectivity index is 2.80. The lowest BCUT2D eigenvalue weighted by Gasteiger charge is -2.10. The predicted molar refractivity (Wildman–Crippen MR) is 50.0 cm³/mol. The van der Waals surface area contributed by atoms with Gasteiger partial charge in [-0.3, -0.25) is 4.79 Å². The fourth-order valence-corrected chi connectivity index (χ4v) is 0.902. The van der Waals surface area contributed by atoms with Crippen LogP contribution < -0.4 is 11.1 Å². The summed E-state index contributed by atoms with van der Waals surface area (Å²) < 4.78 is 25.7. The van der Waals surface area contributed by atoms with E-state index in [-0.39, 0.29) is 5.69 Å². The van der Waals surface area contributed by atoms with Gasteiger partial charge in [0, 0.05) is 6.07 Å². The lowest BCUT2D eigenvalue weighted by molar-refractivity contribution is -0.118. The average molecular weight is 216 g/mol. The first kappa shape index (κ1) is 11.5. The molecule has 1 rings (SSSR count). The van der Waals surface area contributed by atoms with Crippen molar-refractivity contribution in [3.8, 4) is 0 Å². The molecule has 0 bridgehead atoms. The summed E-state index contributed by atoms with van der Waals surface area (Å²) in [5, 5.41) is 10.6. The molecule has 0 saturated heterocycles. The van der Waals surface area contributed by atoms with Crippen molar-refractivity contribution in [1.29, 1.82) is 0 Å². The molecule has 0 spiro atoms. The number of hydrogen-bond donors (Lipinski definition) is 3. The largest absolute Gasteiger partial charge is 0.394 e. The highest BCUT2D eigenvalue weighted by molar-refractivity contribution is 5.94. The van der Waals surface area contributed by atoms with Gasteiger partial charge in [0.2, 0.25) is 5.91 Å². The standard InChI is InChI=1S/C9H10F2N2O2/c10-5-1-2-6(11)8(3-5)13-9(15)7(12)4-14/h1-3,7,14H,4,12H2,(H,13,15). The zero-order valence-electron chi connectivity index (χ0n) is 7.71. The highest BCUT2D eigenvalue weighted by Gasteiger charge is 2.14. The summed E-state index contributed by atoms with van der Waals surface area (Å²) in [4.78, 5) is 11.1. The number of nitrogens with one attached hydrogen (secondary N) is 1. The van der Waals surface area contributed by atoms with Crippen LogP contribution in [0.3, 0.4) is 0 Å². The van der Waals surface area contributed by atoms with E-state index in [2.05, 4.69) is 5.32 Å². The summed E-state index contributed by atoms with van der Waals surface area (Å²) in [7, 11) is 0. The summed E-state index contributed by atoms with van der Waals surface area (Å²) in [6, 6.07) is 1.48. The number of rotatable bonds is 3. The molecule has 0 aliphatic rings. The van der Waals surface area contributed by atoms with Crippen LogP contribution in [0.25, 0.3) is 0 Å². The molecule has 0 saturated carbocycles. The van der Waals surface area contributed by atoms with Gasteiger partial charge in [0.1, 0.15) is 17.7 Å². The summed E-state index contributed by atoms with van der Waals surface area (Å²) in [5.41, 5.74) is 4.87. The Morgan fingerprint density at radius 3 is 2.80 bits per heavy atom. The minimum atomic E-state index is -1.16. The van der Waals surface area contributed by atoms with Gasteiger partial charge in [-0.2, -0.15) is 0 Å². The Morgan fingerprint density at radius 1 is 1.53 bits per heavy atom. The molecule has 1 aromatic carbocycles. The minimum absolute atomic E-state index is 0.302. The number of aliphatic hydroxyl groups excluding tert-OH is 1. The van der Waals surface area contributed by atoms with Gasteiger partial charge in [0.15, 0.2) is 0 Å². The molecule has 0 heterocycles. The van der Waals surface area contributed by atoms with Gasteiger partial charge in [-0.1, -0.05) is 0 Å². The first-order valence-corrected chi connectivity index (χ1v) is 4.17. The van der Waals surface area contributed by atoms with Crippen LogP contribution in [0.5, 0.6) is 0 Å². The molecule has 4 nitrogen and oxygen atoms in total. The zero-order chi connectivity index (χ0) is 11.4. The molecular weight excluding hydrogens is 206 g/mol. The van der Waals surface area contributed by atoms with E-state index in [0.29, 0.717) is 0 Å². The number of benzene rings is 1. The van der Waals surface area contributed by atoms with Crippen LogP contribution in [0, 0.1) is 11.6 Å². The Kier molecular flexibility index (Phi) is 3.70. The van der Waals surface area contributed by atoms with E-state index >= 15 is 0 Å². The van der Waals surface area contributed by atoms with Gasteiger partial charge in [-0.25, -0.2) is 8.78 Å². The molecule has 0 aliphatic carbocycles. The third kappa shape index (κ3) is 2.97. The zero-order valence-corrected chi connectivity index (χ0v) is 7.71. The second-order valence-corrected chi connectivity index (χ2v) is 2.90. The van der Waals surface area contributed by atoms with Gasteiger partial charge in [0.05, 0.1) is 12.3 Å². The molecule has 82 valence electrons. The maximum Gasteiger partial charge on any atom is 0.243 e. The Bertz CT molecular complexity index is 371. The molecule has 1 unspecified atom stereocenters. The number of aliphatic hydroxyl groups is 1. The van der Waals surface area contributed by atoms with Gasteiger partial charge in [-0.05, 0) is 12.1 Å². The first-order chi connectivity index (χ1) is 7.04. The van der Waals surface area contributed by atoms with Crippen molar-refractivity contribution in [2.75, 3.05) is 11.9 Å². The van der Waals surface area contributed by atoms with Gasteiger partial charge >= 0.3 is 0 Å². The van der Waals surface area contributed by atoms with E-state index in [4.69, 9.17) is 10.8 Å². The summed E-state index contributed by atoms with van der Waals surface area (Å²) in [6.07, 6.45) is 0. The topological polar surface area (TPSA) is 75.3 Å². The minimum Gasteiger partial charge on any atom is -0.394 e. The van der Waals surface area contributed by atoms with Crippen LogP contribution in [0.2, 0.25) is 0 Å². The van der Waals surface area contributed by atoms with Crippen LogP contribution in [-0.4, -0.2) is 23.7 Å². The number of anilines is 1. The lowest BCUT2D eigenvalue weighted by Crippen LogP contribution is -2.38. The number of nitrogens with two attached hydrogens (primary N) is 1. The number of carbonyl (C=O) groups is 1. The molecule has 15 heavy (non-hydrogen) atoms. The number of amides is 1. The van der Waals surface area contributed by atoms with Crippen LogP contribution in [-0.2, 0) is 4.79 Å². The number of carbonyl (C=O) groups excluding carboxylic acids is 1. The lowest BCUT2D eigenvalue weighted by atomic mass is 10.2. The molecular formula is C9H10F2N2O2. The van der Waals surface area contributed by atoms with Crippen molar-refractivity contribution < 1.29 is 18.7 Å². The highest BCUT2D eigenvalue weighted by Crippen LogP contribution is 2.15. The molecule has 1 aromatic rings. The predicted octanol–water partition coefficient (Wildman–Crippen LogP) is 0.223. The second-order valence-electron chi connectivity index (χ2n) is 2.90. The fraction of sp³-hybridized carbons (Fsp3) is 0.222. The van der Waals surface area contributed by atoms with Gasteiger partial charge in [-0.15, -0.1) is 0 Å². The van der Waals surface area contributed by atoms with Crippen LogP contribution >= 0.6 is 0 Å². The van der Waals surface area contributed by atoms with Crippen LogP contribution in [0.4, 0.5) is 14.5 Å². The highest BCUT2D eigenvalue weighted by atomic mass is 19.1. The third-order valence-corrected chi connectivity index (χ3v) is 1.72. The van der Waals surface area contributed by atoms with E-state index in [1.165, 1.54) is 0 Å². The molecule has 0 aliphatic heterocycles. The quantitative estimate of drug-likeness (QED) is 0.676. The maximum absolute atomic E-state index is 13.0. The third-order valence-electron chi connectivity index (χ3n) is 1.72. The van der Waals surface area contributed by atoms with E-state index in [1.54, 1.807) is 0 Å². The summed E-state index contributed by atoms with van der Waals surface area (Å²) in [5.74, 6) is -2.22. The van der Waals surface area contributed by atoms with E-state index in [0.717, 1.165) is 18.2 Å². The Hall–Kier alpha value is -1.53.